The first-order chi connectivity index (χ1) is 19.9. The Labute approximate surface area is 243 Å². The Kier molecular flexibility index (Phi) is 10.7. The lowest BCUT2D eigenvalue weighted by Crippen LogP contribution is -2.48. The van der Waals surface area contributed by atoms with Crippen LogP contribution in [0.4, 0.5) is 17.6 Å². The SMILES string of the molecule is O=C(Cc1ccc(C(F)(F)P(=O)(O)O)cc1)N[C@@H](Cc1ccccc1)C(=O)NCCc1ccc(C(F)(F)P(=O)(O)O)cc1. The van der Waals surface area contributed by atoms with Gasteiger partial charge in [-0.1, -0.05) is 78.9 Å². The van der Waals surface area contributed by atoms with Gasteiger partial charge in [-0.25, -0.2) is 0 Å². The molecule has 0 saturated carbocycles. The highest BCUT2D eigenvalue weighted by Crippen LogP contribution is 2.60. The molecule has 0 aliphatic heterocycles. The summed E-state index contributed by atoms with van der Waals surface area (Å²) in [4.78, 5) is 61.3. The van der Waals surface area contributed by atoms with Crippen LogP contribution in [0.15, 0.2) is 78.9 Å². The van der Waals surface area contributed by atoms with Crippen molar-refractivity contribution >= 4 is 27.0 Å². The lowest BCUT2D eigenvalue weighted by atomic mass is 10.0. The minimum Gasteiger partial charge on any atom is -0.354 e. The molecule has 3 rings (SSSR count). The maximum atomic E-state index is 13.9. The summed E-state index contributed by atoms with van der Waals surface area (Å²) in [5.74, 6) is -1.20. The summed E-state index contributed by atoms with van der Waals surface area (Å²) in [6.07, 6.45) is -0.0605. The highest BCUT2D eigenvalue weighted by molar-refractivity contribution is 7.52. The van der Waals surface area contributed by atoms with Crippen LogP contribution in [0.1, 0.15) is 27.8 Å². The van der Waals surface area contributed by atoms with Crippen molar-refractivity contribution in [2.24, 2.45) is 0 Å². The number of hydrogen-bond acceptors (Lipinski definition) is 4. The molecule has 10 nitrogen and oxygen atoms in total. The summed E-state index contributed by atoms with van der Waals surface area (Å²) in [5, 5.41) is 5.23. The molecule has 3 aromatic rings. The molecule has 232 valence electrons. The molecule has 0 heterocycles. The van der Waals surface area contributed by atoms with Crippen LogP contribution in [-0.4, -0.2) is 44.0 Å². The van der Waals surface area contributed by atoms with Gasteiger partial charge in [0.05, 0.1) is 6.42 Å². The Bertz CT molecular complexity index is 1510. The van der Waals surface area contributed by atoms with Crippen LogP contribution in [0.25, 0.3) is 0 Å². The first-order valence-corrected chi connectivity index (χ1v) is 15.8. The van der Waals surface area contributed by atoms with Crippen molar-refractivity contribution in [3.8, 4) is 0 Å². The molecule has 0 saturated heterocycles. The summed E-state index contributed by atoms with van der Waals surface area (Å²) in [5.41, 5.74) is -9.08. The van der Waals surface area contributed by atoms with Gasteiger partial charge in [-0.05, 0) is 23.1 Å². The van der Waals surface area contributed by atoms with Gasteiger partial charge in [0, 0.05) is 24.1 Å². The fraction of sp³-hybridized carbons (Fsp3) is 0.259. The number of carbonyl (C=O) groups is 2. The zero-order chi connectivity index (χ0) is 32.1. The third kappa shape index (κ3) is 8.82. The fourth-order valence-corrected chi connectivity index (χ4v) is 4.95. The third-order valence-electron chi connectivity index (χ3n) is 6.35. The van der Waals surface area contributed by atoms with E-state index in [0.717, 1.165) is 36.4 Å². The van der Waals surface area contributed by atoms with E-state index >= 15 is 0 Å². The second-order valence-corrected chi connectivity index (χ2v) is 12.9. The van der Waals surface area contributed by atoms with E-state index in [-0.39, 0.29) is 31.4 Å². The van der Waals surface area contributed by atoms with E-state index < -0.39 is 55.5 Å². The summed E-state index contributed by atoms with van der Waals surface area (Å²) in [7, 11) is -11.5. The Morgan fingerprint density at radius 2 is 1.16 bits per heavy atom. The van der Waals surface area contributed by atoms with Crippen LogP contribution < -0.4 is 10.6 Å². The van der Waals surface area contributed by atoms with Gasteiger partial charge in [0.1, 0.15) is 6.04 Å². The second-order valence-electron chi connectivity index (χ2n) is 9.59. The minimum atomic E-state index is -5.76. The summed E-state index contributed by atoms with van der Waals surface area (Å²) in [6, 6.07) is 15.7. The number of amides is 2. The lowest BCUT2D eigenvalue weighted by Gasteiger charge is -2.20. The quantitative estimate of drug-likeness (QED) is 0.120. The molecule has 0 fully saturated rings. The zero-order valence-electron chi connectivity index (χ0n) is 22.2. The predicted molar refractivity (Wildman–Crippen MR) is 147 cm³/mol. The van der Waals surface area contributed by atoms with Crippen LogP contribution in [0.2, 0.25) is 0 Å². The number of benzene rings is 3. The number of hydrogen-bond donors (Lipinski definition) is 6. The molecule has 43 heavy (non-hydrogen) atoms. The molecule has 0 unspecified atom stereocenters. The summed E-state index contributed by atoms with van der Waals surface area (Å²) < 4.78 is 77.6. The lowest BCUT2D eigenvalue weighted by molar-refractivity contribution is -0.128. The highest BCUT2D eigenvalue weighted by Gasteiger charge is 2.51. The number of alkyl halides is 4. The Hall–Kier alpha value is -3.38. The third-order valence-corrected chi connectivity index (χ3v) is 8.33. The summed E-state index contributed by atoms with van der Waals surface area (Å²) >= 11 is 0. The van der Waals surface area contributed by atoms with Crippen molar-refractivity contribution in [1.29, 1.82) is 0 Å². The van der Waals surface area contributed by atoms with Crippen molar-refractivity contribution in [3.63, 3.8) is 0 Å². The second kappa shape index (κ2) is 13.5. The van der Waals surface area contributed by atoms with E-state index in [0.29, 0.717) is 11.1 Å². The molecule has 16 heteroatoms. The Morgan fingerprint density at radius 3 is 1.63 bits per heavy atom. The molecule has 3 aromatic carbocycles. The normalized spacial score (nSPS) is 13.3. The van der Waals surface area contributed by atoms with E-state index in [2.05, 4.69) is 10.6 Å². The summed E-state index contributed by atoms with van der Waals surface area (Å²) in [6.45, 7) is 0.0312. The van der Waals surface area contributed by atoms with Gasteiger partial charge in [-0.2, -0.15) is 17.6 Å². The molecule has 6 N–H and O–H groups in total. The zero-order valence-corrected chi connectivity index (χ0v) is 24.0. The van der Waals surface area contributed by atoms with Crippen LogP contribution in [-0.2, 0) is 49.3 Å². The number of carbonyl (C=O) groups excluding carboxylic acids is 2. The molecular weight excluding hydrogens is 618 g/mol. The maximum absolute atomic E-state index is 13.9. The van der Waals surface area contributed by atoms with E-state index in [1.54, 1.807) is 30.3 Å². The molecule has 1 atom stereocenters. The van der Waals surface area contributed by atoms with E-state index in [1.165, 1.54) is 12.1 Å². The van der Waals surface area contributed by atoms with Gasteiger partial charge in [0.25, 0.3) is 0 Å². The van der Waals surface area contributed by atoms with Crippen LogP contribution in [0.3, 0.4) is 0 Å². The standard InChI is InChI=1S/C27H28F4N2O8P2/c28-26(29,42(36,37)38)21-10-6-18(7-11-21)14-15-32-25(35)23(16-19-4-2-1-3-5-19)33-24(34)17-20-8-12-22(13-9-20)27(30,31)43(39,40)41/h1-13,23H,14-17H2,(H,32,35)(H,33,34)(H2,36,37,38)(H2,39,40,41)/t23-/m0/s1. The molecule has 2 amide bonds. The van der Waals surface area contributed by atoms with Crippen LogP contribution in [0.5, 0.6) is 0 Å². The minimum absolute atomic E-state index is 0.0312. The predicted octanol–water partition coefficient (Wildman–Crippen LogP) is 3.77. The van der Waals surface area contributed by atoms with Crippen LogP contribution in [0, 0.1) is 0 Å². The molecule has 0 spiro atoms. The first-order valence-electron chi connectivity index (χ1n) is 12.6. The van der Waals surface area contributed by atoms with Gasteiger partial charge < -0.3 is 30.2 Å². The number of nitrogens with one attached hydrogen (secondary N) is 2. The smallest absolute Gasteiger partial charge is 0.354 e. The van der Waals surface area contributed by atoms with E-state index in [1.807, 2.05) is 0 Å². The average molecular weight is 646 g/mol. The number of halogens is 4. The van der Waals surface area contributed by atoms with Gasteiger partial charge >= 0.3 is 26.5 Å². The number of rotatable bonds is 13. The topological polar surface area (TPSA) is 173 Å². The maximum Gasteiger partial charge on any atom is 0.399 e. The molecule has 0 bridgehead atoms. The van der Waals surface area contributed by atoms with Gasteiger partial charge in [0.2, 0.25) is 11.8 Å². The van der Waals surface area contributed by atoms with Crippen molar-refractivity contribution in [1.82, 2.24) is 10.6 Å². The first kappa shape index (κ1) is 34.1. The Balaban J connectivity index is 1.64. The van der Waals surface area contributed by atoms with Gasteiger partial charge in [0.15, 0.2) is 0 Å². The Morgan fingerprint density at radius 1 is 0.698 bits per heavy atom. The molecular formula is C27H28F4N2O8P2. The molecule has 0 radical (unpaired) electrons. The largest absolute Gasteiger partial charge is 0.399 e. The highest BCUT2D eigenvalue weighted by atomic mass is 31.2. The monoisotopic (exact) mass is 646 g/mol. The fourth-order valence-electron chi connectivity index (χ4n) is 3.97. The van der Waals surface area contributed by atoms with E-state index in [9.17, 15) is 36.3 Å². The average Bonchev–Trinajstić information content (AvgIpc) is 2.92. The van der Waals surface area contributed by atoms with Crippen LogP contribution >= 0.6 is 15.2 Å². The van der Waals surface area contributed by atoms with Crippen molar-refractivity contribution in [3.05, 3.63) is 107 Å². The molecule has 0 aliphatic rings. The van der Waals surface area contributed by atoms with Gasteiger partial charge in [-0.3, -0.25) is 18.7 Å². The van der Waals surface area contributed by atoms with Crippen molar-refractivity contribution < 1.29 is 55.9 Å². The van der Waals surface area contributed by atoms with Crippen molar-refractivity contribution in [2.45, 2.75) is 36.6 Å². The molecule has 0 aromatic heterocycles. The van der Waals surface area contributed by atoms with E-state index in [4.69, 9.17) is 19.6 Å². The van der Waals surface area contributed by atoms with Crippen molar-refractivity contribution in [2.75, 3.05) is 6.54 Å². The molecule has 0 aliphatic carbocycles. The van der Waals surface area contributed by atoms with Gasteiger partial charge in [-0.15, -0.1) is 0 Å².